The smallest absolute Gasteiger partial charge is 0.227 e. The van der Waals surface area contributed by atoms with Crippen molar-refractivity contribution < 1.29 is 4.79 Å². The minimum absolute atomic E-state index is 0.147. The molecule has 4 heteroatoms. The molecule has 1 aliphatic heterocycles. The second-order valence-electron chi connectivity index (χ2n) is 4.64. The number of hydrogen-bond donors (Lipinski definition) is 1. The van der Waals surface area contributed by atoms with Gasteiger partial charge in [-0.2, -0.15) is 12.6 Å². The number of anilines is 1. The van der Waals surface area contributed by atoms with Crippen LogP contribution in [0.4, 0.5) is 5.69 Å². The van der Waals surface area contributed by atoms with Crippen LogP contribution in [0.1, 0.15) is 17.5 Å². The van der Waals surface area contributed by atoms with Crippen molar-refractivity contribution in [1.82, 2.24) is 0 Å². The first-order valence-corrected chi connectivity index (χ1v) is 6.72. The number of hydrogen-bond acceptors (Lipinski definition) is 2. The highest BCUT2D eigenvalue weighted by atomic mass is 35.5. The minimum Gasteiger partial charge on any atom is -0.311 e. The van der Waals surface area contributed by atoms with E-state index in [1.54, 1.807) is 4.90 Å². The van der Waals surface area contributed by atoms with Crippen LogP contribution in [0.2, 0.25) is 5.02 Å². The van der Waals surface area contributed by atoms with Crippen molar-refractivity contribution in [2.24, 2.45) is 5.92 Å². The Balaban J connectivity index is 2.35. The van der Waals surface area contributed by atoms with Gasteiger partial charge in [-0.1, -0.05) is 11.6 Å². The fraction of sp³-hybridized carbons (Fsp3) is 0.462. The predicted octanol–water partition coefficient (Wildman–Crippen LogP) is 3.24. The van der Waals surface area contributed by atoms with E-state index in [9.17, 15) is 4.79 Å². The van der Waals surface area contributed by atoms with E-state index in [0.29, 0.717) is 17.4 Å². The van der Waals surface area contributed by atoms with E-state index in [1.807, 2.05) is 26.0 Å². The minimum atomic E-state index is 0.147. The Morgan fingerprint density at radius 2 is 2.06 bits per heavy atom. The fourth-order valence-electron chi connectivity index (χ4n) is 2.11. The lowest BCUT2D eigenvalue weighted by Crippen LogP contribution is -2.25. The zero-order valence-corrected chi connectivity index (χ0v) is 11.7. The Morgan fingerprint density at radius 3 is 2.65 bits per heavy atom. The number of carbonyl (C=O) groups excluding carboxylic acids is 1. The van der Waals surface area contributed by atoms with Crippen LogP contribution in [0.25, 0.3) is 0 Å². The van der Waals surface area contributed by atoms with Crippen molar-refractivity contribution in [3.63, 3.8) is 0 Å². The van der Waals surface area contributed by atoms with E-state index in [0.717, 1.165) is 29.1 Å². The quantitative estimate of drug-likeness (QED) is 0.818. The molecule has 0 aromatic heterocycles. The molecule has 1 saturated heterocycles. The molecule has 1 unspecified atom stereocenters. The van der Waals surface area contributed by atoms with E-state index in [1.165, 1.54) is 0 Å². The van der Waals surface area contributed by atoms with Gasteiger partial charge in [-0.3, -0.25) is 4.79 Å². The van der Waals surface area contributed by atoms with Gasteiger partial charge >= 0.3 is 0 Å². The zero-order valence-electron chi connectivity index (χ0n) is 10.0. The Hall–Kier alpha value is -0.670. The van der Waals surface area contributed by atoms with Gasteiger partial charge in [0.15, 0.2) is 0 Å². The maximum atomic E-state index is 11.9. The van der Waals surface area contributed by atoms with Gasteiger partial charge in [0.25, 0.3) is 0 Å². The molecule has 1 aromatic rings. The van der Waals surface area contributed by atoms with Crippen LogP contribution >= 0.6 is 24.2 Å². The number of thiol groups is 1. The van der Waals surface area contributed by atoms with E-state index in [4.69, 9.17) is 11.6 Å². The summed E-state index contributed by atoms with van der Waals surface area (Å²) in [5.41, 5.74) is 3.15. The highest BCUT2D eigenvalue weighted by Crippen LogP contribution is 2.33. The number of nitrogens with zero attached hydrogens (tertiary/aromatic N) is 1. The topological polar surface area (TPSA) is 20.3 Å². The first-order chi connectivity index (χ1) is 8.02. The van der Waals surface area contributed by atoms with Crippen LogP contribution in [0, 0.1) is 19.8 Å². The molecule has 2 rings (SSSR count). The largest absolute Gasteiger partial charge is 0.311 e. The molecular formula is C13H16ClNOS. The molecule has 1 aliphatic rings. The van der Waals surface area contributed by atoms with Gasteiger partial charge in [0.05, 0.1) is 10.7 Å². The zero-order chi connectivity index (χ0) is 12.6. The van der Waals surface area contributed by atoms with Crippen LogP contribution in [0.15, 0.2) is 12.1 Å². The summed E-state index contributed by atoms with van der Waals surface area (Å²) in [5.74, 6) is 1.22. The Bertz CT molecular complexity index is 461. The lowest BCUT2D eigenvalue weighted by atomic mass is 10.1. The van der Waals surface area contributed by atoms with E-state index in [-0.39, 0.29) is 5.91 Å². The molecule has 1 fully saturated rings. The molecule has 0 saturated carbocycles. The Kier molecular flexibility index (Phi) is 3.69. The van der Waals surface area contributed by atoms with Crippen LogP contribution in [0.5, 0.6) is 0 Å². The summed E-state index contributed by atoms with van der Waals surface area (Å²) in [5, 5.41) is 0.654. The van der Waals surface area contributed by atoms with Crippen molar-refractivity contribution in [2.75, 3.05) is 17.2 Å². The Labute approximate surface area is 112 Å². The summed E-state index contributed by atoms with van der Waals surface area (Å²) < 4.78 is 0. The molecule has 17 heavy (non-hydrogen) atoms. The summed E-state index contributed by atoms with van der Waals surface area (Å²) >= 11 is 10.5. The average Bonchev–Trinajstić information content (AvgIpc) is 2.65. The molecule has 1 aromatic carbocycles. The number of benzene rings is 1. The molecular weight excluding hydrogens is 254 g/mol. The van der Waals surface area contributed by atoms with Gasteiger partial charge in [-0.25, -0.2) is 0 Å². The Morgan fingerprint density at radius 1 is 1.41 bits per heavy atom. The maximum absolute atomic E-state index is 11.9. The van der Waals surface area contributed by atoms with Crippen molar-refractivity contribution in [2.45, 2.75) is 20.3 Å². The average molecular weight is 270 g/mol. The third-order valence-electron chi connectivity index (χ3n) is 3.32. The first-order valence-electron chi connectivity index (χ1n) is 5.71. The standard InChI is InChI=1S/C13H16ClNOS/c1-8-3-11(14)12(4-9(8)2)15-6-10(7-17)5-13(15)16/h3-4,10,17H,5-7H2,1-2H3. The summed E-state index contributed by atoms with van der Waals surface area (Å²) in [6, 6.07) is 3.92. The number of halogens is 1. The third kappa shape index (κ3) is 2.45. The molecule has 0 aliphatic carbocycles. The number of aryl methyl sites for hydroxylation is 2. The molecule has 0 N–H and O–H groups in total. The molecule has 0 spiro atoms. The third-order valence-corrected chi connectivity index (χ3v) is 4.14. The van der Waals surface area contributed by atoms with E-state index < -0.39 is 0 Å². The van der Waals surface area contributed by atoms with Crippen LogP contribution in [0.3, 0.4) is 0 Å². The van der Waals surface area contributed by atoms with Crippen molar-refractivity contribution in [3.8, 4) is 0 Å². The summed E-state index contributed by atoms with van der Waals surface area (Å²) in [4.78, 5) is 13.7. The number of rotatable bonds is 2. The number of amides is 1. The van der Waals surface area contributed by atoms with Gasteiger partial charge in [0.2, 0.25) is 5.91 Å². The van der Waals surface area contributed by atoms with E-state index >= 15 is 0 Å². The van der Waals surface area contributed by atoms with Crippen molar-refractivity contribution >= 4 is 35.8 Å². The van der Waals surface area contributed by atoms with Crippen molar-refractivity contribution in [3.05, 3.63) is 28.3 Å². The molecule has 92 valence electrons. The van der Waals surface area contributed by atoms with Crippen molar-refractivity contribution in [1.29, 1.82) is 0 Å². The molecule has 1 heterocycles. The fourth-order valence-corrected chi connectivity index (χ4v) is 2.67. The van der Waals surface area contributed by atoms with Crippen LogP contribution in [-0.4, -0.2) is 18.2 Å². The SMILES string of the molecule is Cc1cc(Cl)c(N2CC(CS)CC2=O)cc1C. The maximum Gasteiger partial charge on any atom is 0.227 e. The monoisotopic (exact) mass is 269 g/mol. The second kappa shape index (κ2) is 4.91. The molecule has 0 bridgehead atoms. The first kappa shape index (κ1) is 12.8. The van der Waals surface area contributed by atoms with Crippen LogP contribution < -0.4 is 4.90 Å². The number of carbonyl (C=O) groups is 1. The molecule has 1 amide bonds. The van der Waals surface area contributed by atoms with E-state index in [2.05, 4.69) is 12.6 Å². The second-order valence-corrected chi connectivity index (χ2v) is 5.42. The predicted molar refractivity (Wildman–Crippen MR) is 75.2 cm³/mol. The van der Waals surface area contributed by atoms with Gasteiger partial charge in [0.1, 0.15) is 0 Å². The lowest BCUT2D eigenvalue weighted by molar-refractivity contribution is -0.117. The van der Waals surface area contributed by atoms with Crippen LogP contribution in [-0.2, 0) is 4.79 Å². The highest BCUT2D eigenvalue weighted by molar-refractivity contribution is 7.80. The van der Waals surface area contributed by atoms with Gasteiger partial charge < -0.3 is 4.90 Å². The molecule has 1 atom stereocenters. The van der Waals surface area contributed by atoms with Gasteiger partial charge in [0, 0.05) is 13.0 Å². The highest BCUT2D eigenvalue weighted by Gasteiger charge is 2.30. The summed E-state index contributed by atoms with van der Waals surface area (Å²) in [6.45, 7) is 4.78. The normalized spacial score (nSPS) is 20.1. The lowest BCUT2D eigenvalue weighted by Gasteiger charge is -2.19. The summed E-state index contributed by atoms with van der Waals surface area (Å²) in [7, 11) is 0. The molecule has 2 nitrogen and oxygen atoms in total. The summed E-state index contributed by atoms with van der Waals surface area (Å²) in [6.07, 6.45) is 0.576. The van der Waals surface area contributed by atoms with Gasteiger partial charge in [-0.05, 0) is 48.8 Å². The van der Waals surface area contributed by atoms with Gasteiger partial charge in [-0.15, -0.1) is 0 Å². The molecule has 0 radical (unpaired) electrons.